The van der Waals surface area contributed by atoms with Gasteiger partial charge in [-0.25, -0.2) is 0 Å². The lowest BCUT2D eigenvalue weighted by molar-refractivity contribution is -0.0498. The molecule has 2 aliphatic carbocycles. The largest absolute Gasteiger partial charge is 0.435 e. The van der Waals surface area contributed by atoms with Crippen molar-refractivity contribution in [3.05, 3.63) is 29.8 Å². The van der Waals surface area contributed by atoms with Gasteiger partial charge < -0.3 is 4.74 Å². The van der Waals surface area contributed by atoms with E-state index in [4.69, 9.17) is 0 Å². The number of rotatable bonds is 6. The lowest BCUT2D eigenvalue weighted by Gasteiger charge is -2.38. The Bertz CT molecular complexity index is 497. The molecule has 3 heteroatoms. The fourth-order valence-electron chi connectivity index (χ4n) is 5.20. The average molecular weight is 350 g/mol. The molecule has 0 amide bonds. The summed E-state index contributed by atoms with van der Waals surface area (Å²) in [5.41, 5.74) is 1.28. The predicted octanol–water partition coefficient (Wildman–Crippen LogP) is 7.17. The predicted molar refractivity (Wildman–Crippen MR) is 98.1 cm³/mol. The second-order valence-electron chi connectivity index (χ2n) is 8.13. The van der Waals surface area contributed by atoms with Crippen LogP contribution in [0.1, 0.15) is 82.6 Å². The Morgan fingerprint density at radius 3 is 1.96 bits per heavy atom. The van der Waals surface area contributed by atoms with Crippen LogP contribution in [0.4, 0.5) is 8.78 Å². The number of ether oxygens (including phenoxy) is 1. The summed E-state index contributed by atoms with van der Waals surface area (Å²) in [6, 6.07) is 7.31. The van der Waals surface area contributed by atoms with E-state index in [1.165, 1.54) is 69.8 Å². The maximum Gasteiger partial charge on any atom is 0.387 e. The van der Waals surface area contributed by atoms with Crippen LogP contribution in [0.3, 0.4) is 0 Å². The molecule has 0 heterocycles. The van der Waals surface area contributed by atoms with Gasteiger partial charge in [-0.3, -0.25) is 0 Å². The third kappa shape index (κ3) is 5.18. The molecule has 0 spiro atoms. The molecule has 140 valence electrons. The Hall–Kier alpha value is -1.12. The molecule has 0 aliphatic heterocycles. The van der Waals surface area contributed by atoms with Crippen molar-refractivity contribution in [2.24, 2.45) is 17.8 Å². The summed E-state index contributed by atoms with van der Waals surface area (Å²) >= 11 is 0. The Morgan fingerprint density at radius 2 is 1.44 bits per heavy atom. The standard InChI is InChI=1S/C22H32F2O/c1-2-3-16-4-6-17(7-5-16)18-8-10-19(11-9-18)20-12-14-21(15-13-20)25-22(23)24/h12-19,22H,2-11H2,1H3/t16-,17-,18-,19-. The maximum absolute atomic E-state index is 12.2. The first-order chi connectivity index (χ1) is 12.2. The van der Waals surface area contributed by atoms with Gasteiger partial charge >= 0.3 is 6.61 Å². The van der Waals surface area contributed by atoms with E-state index in [0.717, 1.165) is 17.8 Å². The van der Waals surface area contributed by atoms with Crippen molar-refractivity contribution in [2.45, 2.75) is 83.7 Å². The second-order valence-corrected chi connectivity index (χ2v) is 8.13. The molecule has 0 aromatic heterocycles. The fourth-order valence-corrected chi connectivity index (χ4v) is 5.20. The van der Waals surface area contributed by atoms with Crippen molar-refractivity contribution >= 4 is 0 Å². The van der Waals surface area contributed by atoms with Crippen LogP contribution in [0, 0.1) is 17.8 Å². The summed E-state index contributed by atoms with van der Waals surface area (Å²) in [7, 11) is 0. The molecule has 0 bridgehead atoms. The number of hydrogen-bond donors (Lipinski definition) is 0. The topological polar surface area (TPSA) is 9.23 Å². The lowest BCUT2D eigenvalue weighted by atomic mass is 9.68. The van der Waals surface area contributed by atoms with Crippen LogP contribution < -0.4 is 4.74 Å². The summed E-state index contributed by atoms with van der Waals surface area (Å²) < 4.78 is 28.9. The van der Waals surface area contributed by atoms with Gasteiger partial charge in [0.25, 0.3) is 0 Å². The minimum absolute atomic E-state index is 0.260. The maximum atomic E-state index is 12.2. The van der Waals surface area contributed by atoms with Crippen molar-refractivity contribution < 1.29 is 13.5 Å². The van der Waals surface area contributed by atoms with E-state index in [9.17, 15) is 8.78 Å². The Kier molecular flexibility index (Phi) is 6.72. The number of hydrogen-bond acceptors (Lipinski definition) is 1. The first-order valence-electron chi connectivity index (χ1n) is 10.2. The third-order valence-electron chi connectivity index (χ3n) is 6.60. The molecule has 2 fully saturated rings. The lowest BCUT2D eigenvalue weighted by Crippen LogP contribution is -2.25. The fraction of sp³-hybridized carbons (Fsp3) is 0.727. The van der Waals surface area contributed by atoms with Gasteiger partial charge in [-0.1, -0.05) is 44.7 Å². The zero-order chi connectivity index (χ0) is 17.6. The van der Waals surface area contributed by atoms with Crippen LogP contribution in [0.25, 0.3) is 0 Å². The van der Waals surface area contributed by atoms with Crippen LogP contribution in [-0.2, 0) is 0 Å². The molecule has 3 rings (SSSR count). The van der Waals surface area contributed by atoms with E-state index in [1.807, 2.05) is 12.1 Å². The molecule has 0 N–H and O–H groups in total. The third-order valence-corrected chi connectivity index (χ3v) is 6.60. The monoisotopic (exact) mass is 350 g/mol. The van der Waals surface area contributed by atoms with E-state index >= 15 is 0 Å². The highest BCUT2D eigenvalue weighted by molar-refractivity contribution is 5.29. The summed E-state index contributed by atoms with van der Waals surface area (Å²) in [4.78, 5) is 0. The SMILES string of the molecule is CCC[C@H]1CC[C@H]([C@H]2CC[C@H](c3ccc(OC(F)F)cc3)CC2)CC1. The van der Waals surface area contributed by atoms with Crippen LogP contribution >= 0.6 is 0 Å². The van der Waals surface area contributed by atoms with E-state index in [-0.39, 0.29) is 5.75 Å². The summed E-state index contributed by atoms with van der Waals surface area (Å²) in [6.45, 7) is -0.437. The number of halogens is 2. The van der Waals surface area contributed by atoms with E-state index in [2.05, 4.69) is 11.7 Å². The molecule has 0 radical (unpaired) electrons. The zero-order valence-corrected chi connectivity index (χ0v) is 15.4. The summed E-state index contributed by atoms with van der Waals surface area (Å²) in [6.07, 6.45) is 13.7. The molecule has 0 atom stereocenters. The average Bonchev–Trinajstić information content (AvgIpc) is 2.63. The van der Waals surface area contributed by atoms with Crippen molar-refractivity contribution in [3.63, 3.8) is 0 Å². The molecule has 1 aromatic rings. The van der Waals surface area contributed by atoms with Crippen LogP contribution in [0.15, 0.2) is 24.3 Å². The van der Waals surface area contributed by atoms with Gasteiger partial charge in [0.2, 0.25) is 0 Å². The quantitative estimate of drug-likeness (QED) is 0.528. The van der Waals surface area contributed by atoms with E-state index in [1.54, 1.807) is 12.1 Å². The molecule has 2 saturated carbocycles. The highest BCUT2D eigenvalue weighted by Crippen LogP contribution is 2.44. The van der Waals surface area contributed by atoms with Gasteiger partial charge in [-0.15, -0.1) is 0 Å². The van der Waals surface area contributed by atoms with Gasteiger partial charge in [0.05, 0.1) is 0 Å². The van der Waals surface area contributed by atoms with Gasteiger partial charge in [0, 0.05) is 0 Å². The molecule has 1 aromatic carbocycles. The minimum atomic E-state index is -2.74. The Morgan fingerprint density at radius 1 is 0.880 bits per heavy atom. The molecule has 0 unspecified atom stereocenters. The number of alkyl halides is 2. The number of benzene rings is 1. The van der Waals surface area contributed by atoms with Gasteiger partial charge in [0.1, 0.15) is 5.75 Å². The molecule has 25 heavy (non-hydrogen) atoms. The van der Waals surface area contributed by atoms with Crippen LogP contribution in [0.5, 0.6) is 5.75 Å². The summed E-state index contributed by atoms with van der Waals surface area (Å²) in [5.74, 6) is 3.72. The van der Waals surface area contributed by atoms with Crippen LogP contribution in [0.2, 0.25) is 0 Å². The van der Waals surface area contributed by atoms with Crippen molar-refractivity contribution in [1.82, 2.24) is 0 Å². The molecule has 1 nitrogen and oxygen atoms in total. The molecule has 0 saturated heterocycles. The molecular formula is C22H32F2O. The Labute approximate surface area is 151 Å². The molecular weight excluding hydrogens is 318 g/mol. The van der Waals surface area contributed by atoms with Crippen molar-refractivity contribution in [3.8, 4) is 5.75 Å². The van der Waals surface area contributed by atoms with Crippen molar-refractivity contribution in [1.29, 1.82) is 0 Å². The first-order valence-corrected chi connectivity index (χ1v) is 10.2. The van der Waals surface area contributed by atoms with Gasteiger partial charge in [0.15, 0.2) is 0 Å². The normalized spacial score (nSPS) is 30.4. The molecule has 2 aliphatic rings. The smallest absolute Gasteiger partial charge is 0.387 e. The first kappa shape index (κ1) is 18.7. The highest BCUT2D eigenvalue weighted by Gasteiger charge is 2.31. The highest BCUT2D eigenvalue weighted by atomic mass is 19.3. The van der Waals surface area contributed by atoms with Gasteiger partial charge in [-0.05, 0) is 79.9 Å². The van der Waals surface area contributed by atoms with Crippen LogP contribution in [-0.4, -0.2) is 6.61 Å². The van der Waals surface area contributed by atoms with Crippen molar-refractivity contribution in [2.75, 3.05) is 0 Å². The Balaban J connectivity index is 1.46. The summed E-state index contributed by atoms with van der Waals surface area (Å²) in [5, 5.41) is 0. The second kappa shape index (κ2) is 9.00. The van der Waals surface area contributed by atoms with E-state index in [0.29, 0.717) is 5.92 Å². The van der Waals surface area contributed by atoms with Gasteiger partial charge in [-0.2, -0.15) is 8.78 Å². The van der Waals surface area contributed by atoms with E-state index < -0.39 is 6.61 Å². The minimum Gasteiger partial charge on any atom is -0.435 e. The zero-order valence-electron chi connectivity index (χ0n) is 15.4.